The van der Waals surface area contributed by atoms with Gasteiger partial charge in [0.05, 0.1) is 7.11 Å². The molecule has 0 saturated heterocycles. The molecule has 2 heteroatoms. The zero-order chi connectivity index (χ0) is 12.5. The fourth-order valence-electron chi connectivity index (χ4n) is 2.77. The zero-order valence-electron chi connectivity index (χ0n) is 10.8. The van der Waals surface area contributed by atoms with Crippen LogP contribution in [0.1, 0.15) is 43.5 Å². The Kier molecular flexibility index (Phi) is 3.23. The maximum absolute atomic E-state index is 12.4. The van der Waals surface area contributed by atoms with Crippen LogP contribution in [0, 0.1) is 11.3 Å². The van der Waals surface area contributed by atoms with Crippen molar-refractivity contribution in [1.82, 2.24) is 0 Å². The van der Waals surface area contributed by atoms with Crippen LogP contribution in [-0.4, -0.2) is 12.9 Å². The SMILES string of the molecule is COc1ccc(C(=O)C2CCCC2(C)C)cc1. The Labute approximate surface area is 103 Å². The van der Waals surface area contributed by atoms with Gasteiger partial charge >= 0.3 is 0 Å². The number of Topliss-reactive ketones (excluding diaryl/α,β-unsaturated/α-hetero) is 1. The summed E-state index contributed by atoms with van der Waals surface area (Å²) in [4.78, 5) is 12.4. The molecule has 1 aliphatic rings. The van der Waals surface area contributed by atoms with Gasteiger partial charge in [-0.3, -0.25) is 4.79 Å². The predicted octanol–water partition coefficient (Wildman–Crippen LogP) is 3.70. The summed E-state index contributed by atoms with van der Waals surface area (Å²) in [6.07, 6.45) is 3.34. The largest absolute Gasteiger partial charge is 0.497 e. The number of carbonyl (C=O) groups is 1. The molecule has 1 atom stereocenters. The van der Waals surface area contributed by atoms with Gasteiger partial charge in [-0.15, -0.1) is 0 Å². The molecule has 2 rings (SSSR count). The Morgan fingerprint density at radius 2 is 1.94 bits per heavy atom. The molecule has 92 valence electrons. The molecular formula is C15H20O2. The van der Waals surface area contributed by atoms with E-state index < -0.39 is 0 Å². The summed E-state index contributed by atoms with van der Waals surface area (Å²) in [7, 11) is 1.64. The molecule has 2 nitrogen and oxygen atoms in total. The highest BCUT2D eigenvalue weighted by atomic mass is 16.5. The summed E-state index contributed by atoms with van der Waals surface area (Å²) >= 11 is 0. The molecule has 1 aromatic rings. The van der Waals surface area contributed by atoms with E-state index >= 15 is 0 Å². The van der Waals surface area contributed by atoms with E-state index in [1.807, 2.05) is 24.3 Å². The monoisotopic (exact) mass is 232 g/mol. The number of ether oxygens (including phenoxy) is 1. The summed E-state index contributed by atoms with van der Waals surface area (Å²) in [5.74, 6) is 1.26. The highest BCUT2D eigenvalue weighted by Crippen LogP contribution is 2.44. The van der Waals surface area contributed by atoms with Crippen molar-refractivity contribution in [2.75, 3.05) is 7.11 Å². The van der Waals surface area contributed by atoms with E-state index in [4.69, 9.17) is 4.74 Å². The fraction of sp³-hybridized carbons (Fsp3) is 0.533. The molecule has 0 heterocycles. The quantitative estimate of drug-likeness (QED) is 0.743. The van der Waals surface area contributed by atoms with E-state index in [1.165, 1.54) is 6.42 Å². The van der Waals surface area contributed by atoms with Crippen molar-refractivity contribution in [1.29, 1.82) is 0 Å². The summed E-state index contributed by atoms with van der Waals surface area (Å²) in [5, 5.41) is 0. The summed E-state index contributed by atoms with van der Waals surface area (Å²) < 4.78 is 5.10. The van der Waals surface area contributed by atoms with Crippen LogP contribution in [-0.2, 0) is 0 Å². The molecule has 0 spiro atoms. The number of hydrogen-bond acceptors (Lipinski definition) is 2. The van der Waals surface area contributed by atoms with Gasteiger partial charge in [-0.25, -0.2) is 0 Å². The molecule has 0 aromatic heterocycles. The van der Waals surface area contributed by atoms with E-state index in [1.54, 1.807) is 7.11 Å². The van der Waals surface area contributed by atoms with E-state index in [-0.39, 0.29) is 17.1 Å². The van der Waals surface area contributed by atoms with Crippen molar-refractivity contribution in [3.8, 4) is 5.75 Å². The summed E-state index contributed by atoms with van der Waals surface area (Å²) in [6.45, 7) is 4.40. The number of ketones is 1. The van der Waals surface area contributed by atoms with Crippen molar-refractivity contribution < 1.29 is 9.53 Å². The summed E-state index contributed by atoms with van der Waals surface area (Å²) in [5.41, 5.74) is 0.961. The molecule has 0 amide bonds. The maximum atomic E-state index is 12.4. The topological polar surface area (TPSA) is 26.3 Å². The lowest BCUT2D eigenvalue weighted by molar-refractivity contribution is 0.0839. The Balaban J connectivity index is 2.19. The van der Waals surface area contributed by atoms with E-state index in [2.05, 4.69) is 13.8 Å². The maximum Gasteiger partial charge on any atom is 0.166 e. The van der Waals surface area contributed by atoms with Crippen LogP contribution in [0.15, 0.2) is 24.3 Å². The standard InChI is InChI=1S/C15H20O2/c1-15(2)10-4-5-13(15)14(16)11-6-8-12(17-3)9-7-11/h6-9,13H,4-5,10H2,1-3H3. The Morgan fingerprint density at radius 3 is 2.41 bits per heavy atom. The van der Waals surface area contributed by atoms with Gasteiger partial charge < -0.3 is 4.74 Å². The van der Waals surface area contributed by atoms with Crippen LogP contribution in [0.25, 0.3) is 0 Å². The lowest BCUT2D eigenvalue weighted by atomic mass is 9.78. The molecular weight excluding hydrogens is 212 g/mol. The number of carbonyl (C=O) groups excluding carboxylic acids is 1. The van der Waals surface area contributed by atoms with Gasteiger partial charge in [-0.1, -0.05) is 20.3 Å². The third kappa shape index (κ3) is 2.36. The van der Waals surface area contributed by atoms with Gasteiger partial charge in [0.1, 0.15) is 5.75 Å². The smallest absolute Gasteiger partial charge is 0.166 e. The predicted molar refractivity (Wildman–Crippen MR) is 68.4 cm³/mol. The van der Waals surface area contributed by atoms with Crippen molar-refractivity contribution in [3.05, 3.63) is 29.8 Å². The second-order valence-electron chi connectivity index (χ2n) is 5.53. The van der Waals surface area contributed by atoms with Gasteiger partial charge in [0.15, 0.2) is 5.78 Å². The van der Waals surface area contributed by atoms with Crippen LogP contribution >= 0.6 is 0 Å². The molecule has 1 saturated carbocycles. The van der Waals surface area contributed by atoms with E-state index in [0.29, 0.717) is 0 Å². The molecule has 0 N–H and O–H groups in total. The minimum Gasteiger partial charge on any atom is -0.497 e. The average molecular weight is 232 g/mol. The number of methoxy groups -OCH3 is 1. The minimum absolute atomic E-state index is 0.150. The molecule has 1 aliphatic carbocycles. The molecule has 1 aromatic carbocycles. The van der Waals surface area contributed by atoms with Gasteiger partial charge in [0.25, 0.3) is 0 Å². The first-order valence-electron chi connectivity index (χ1n) is 6.23. The minimum atomic E-state index is 0.150. The third-order valence-corrected chi connectivity index (χ3v) is 3.95. The fourth-order valence-corrected chi connectivity index (χ4v) is 2.77. The van der Waals surface area contributed by atoms with Gasteiger partial charge in [0, 0.05) is 11.5 Å². The van der Waals surface area contributed by atoms with Crippen LogP contribution in [0.3, 0.4) is 0 Å². The first-order valence-corrected chi connectivity index (χ1v) is 6.23. The van der Waals surface area contributed by atoms with E-state index in [9.17, 15) is 4.79 Å². The lowest BCUT2D eigenvalue weighted by Crippen LogP contribution is -2.25. The van der Waals surface area contributed by atoms with E-state index in [0.717, 1.165) is 24.2 Å². The Morgan fingerprint density at radius 1 is 1.29 bits per heavy atom. The normalized spacial score (nSPS) is 22.4. The number of rotatable bonds is 3. The van der Waals surface area contributed by atoms with Gasteiger partial charge in [-0.05, 0) is 42.5 Å². The Bertz CT molecular complexity index is 403. The van der Waals surface area contributed by atoms with Crippen LogP contribution in [0.5, 0.6) is 5.75 Å². The molecule has 1 fully saturated rings. The number of benzene rings is 1. The average Bonchev–Trinajstić information content (AvgIpc) is 2.68. The van der Waals surface area contributed by atoms with Crippen molar-refractivity contribution in [2.45, 2.75) is 33.1 Å². The first kappa shape index (κ1) is 12.2. The summed E-state index contributed by atoms with van der Waals surface area (Å²) in [6, 6.07) is 7.45. The highest BCUT2D eigenvalue weighted by molar-refractivity contribution is 5.98. The molecule has 0 aliphatic heterocycles. The molecule has 0 radical (unpaired) electrons. The van der Waals surface area contributed by atoms with Gasteiger partial charge in [-0.2, -0.15) is 0 Å². The lowest BCUT2D eigenvalue weighted by Gasteiger charge is -2.25. The van der Waals surface area contributed by atoms with Crippen LogP contribution in [0.4, 0.5) is 0 Å². The van der Waals surface area contributed by atoms with Crippen molar-refractivity contribution in [3.63, 3.8) is 0 Å². The van der Waals surface area contributed by atoms with Crippen LogP contribution in [0.2, 0.25) is 0 Å². The zero-order valence-corrected chi connectivity index (χ0v) is 10.8. The second kappa shape index (κ2) is 4.52. The molecule has 0 bridgehead atoms. The van der Waals surface area contributed by atoms with Crippen LogP contribution < -0.4 is 4.74 Å². The van der Waals surface area contributed by atoms with Crippen molar-refractivity contribution >= 4 is 5.78 Å². The molecule has 17 heavy (non-hydrogen) atoms. The van der Waals surface area contributed by atoms with Gasteiger partial charge in [0.2, 0.25) is 0 Å². The third-order valence-electron chi connectivity index (χ3n) is 3.95. The number of hydrogen-bond donors (Lipinski definition) is 0. The highest BCUT2D eigenvalue weighted by Gasteiger charge is 2.39. The first-order chi connectivity index (χ1) is 8.04. The Hall–Kier alpha value is -1.31. The molecule has 1 unspecified atom stereocenters. The van der Waals surface area contributed by atoms with Crippen molar-refractivity contribution in [2.24, 2.45) is 11.3 Å². The second-order valence-corrected chi connectivity index (χ2v) is 5.53.